The Hall–Kier alpha value is -1.48. The van der Waals surface area contributed by atoms with Crippen LogP contribution < -0.4 is 10.5 Å². The van der Waals surface area contributed by atoms with E-state index in [1.54, 1.807) is 0 Å². The van der Waals surface area contributed by atoms with Gasteiger partial charge in [-0.2, -0.15) is 0 Å². The third-order valence-corrected chi connectivity index (χ3v) is 2.55. The highest BCUT2D eigenvalue weighted by Crippen LogP contribution is 2.32. The zero-order chi connectivity index (χ0) is 11.4. The van der Waals surface area contributed by atoms with E-state index in [0.29, 0.717) is 13.2 Å². The molecular formula is C13H17NO2. The molecule has 0 fully saturated rings. The predicted octanol–water partition coefficient (Wildman–Crippen LogP) is 3.07. The van der Waals surface area contributed by atoms with Crippen molar-refractivity contribution in [1.29, 1.82) is 0 Å². The molecule has 1 heterocycles. The van der Waals surface area contributed by atoms with Crippen LogP contribution in [0.15, 0.2) is 28.7 Å². The molecule has 0 saturated carbocycles. The second kappa shape index (κ2) is 5.03. The molecule has 0 aliphatic carbocycles. The molecule has 0 spiro atoms. The van der Waals surface area contributed by atoms with Gasteiger partial charge in [-0.15, -0.1) is 0 Å². The van der Waals surface area contributed by atoms with Gasteiger partial charge in [0.1, 0.15) is 5.58 Å². The van der Waals surface area contributed by atoms with E-state index in [9.17, 15) is 0 Å². The summed E-state index contributed by atoms with van der Waals surface area (Å²) in [6, 6.07) is 7.85. The van der Waals surface area contributed by atoms with E-state index in [1.807, 2.05) is 24.3 Å². The van der Waals surface area contributed by atoms with Crippen molar-refractivity contribution in [3.05, 3.63) is 30.0 Å². The van der Waals surface area contributed by atoms with Gasteiger partial charge in [-0.1, -0.05) is 25.5 Å². The van der Waals surface area contributed by atoms with Crippen molar-refractivity contribution in [2.75, 3.05) is 6.61 Å². The Kier molecular flexibility index (Phi) is 3.47. The summed E-state index contributed by atoms with van der Waals surface area (Å²) in [6.45, 7) is 3.23. The van der Waals surface area contributed by atoms with Crippen LogP contribution in [-0.2, 0) is 6.54 Å². The molecule has 0 aliphatic heterocycles. The lowest BCUT2D eigenvalue weighted by molar-refractivity contribution is 0.302. The number of ether oxygens (including phenoxy) is 1. The van der Waals surface area contributed by atoms with Crippen molar-refractivity contribution in [3.63, 3.8) is 0 Å². The molecular weight excluding hydrogens is 202 g/mol. The molecule has 0 aliphatic rings. The van der Waals surface area contributed by atoms with Gasteiger partial charge >= 0.3 is 0 Å². The molecule has 2 rings (SSSR count). The highest BCUT2D eigenvalue weighted by atomic mass is 16.5. The molecule has 2 N–H and O–H groups in total. The number of para-hydroxylation sites is 1. The molecule has 0 radical (unpaired) electrons. The standard InChI is InChI=1S/C13H17NO2/c1-2-3-8-15-13-10-6-4-5-7-11(10)16-12(13)9-14/h4-7H,2-3,8-9,14H2,1H3. The number of nitrogens with two attached hydrogens (primary N) is 1. The average Bonchev–Trinajstić information content (AvgIpc) is 2.68. The number of unbranched alkanes of at least 4 members (excludes halogenated alkanes) is 1. The second-order valence-corrected chi connectivity index (χ2v) is 3.76. The Bertz CT molecular complexity index is 462. The minimum atomic E-state index is 0.371. The molecule has 0 atom stereocenters. The fraction of sp³-hybridized carbons (Fsp3) is 0.385. The third-order valence-electron chi connectivity index (χ3n) is 2.55. The lowest BCUT2D eigenvalue weighted by atomic mass is 10.2. The van der Waals surface area contributed by atoms with Crippen molar-refractivity contribution in [1.82, 2.24) is 0 Å². The van der Waals surface area contributed by atoms with Crippen LogP contribution in [0.2, 0.25) is 0 Å². The Morgan fingerprint density at radius 1 is 1.31 bits per heavy atom. The lowest BCUT2D eigenvalue weighted by Crippen LogP contribution is -2.01. The van der Waals surface area contributed by atoms with Crippen molar-refractivity contribution < 1.29 is 9.15 Å². The highest BCUT2D eigenvalue weighted by Gasteiger charge is 2.13. The number of furan rings is 1. The smallest absolute Gasteiger partial charge is 0.169 e. The number of rotatable bonds is 5. The summed E-state index contributed by atoms with van der Waals surface area (Å²) in [5, 5.41) is 1.01. The zero-order valence-electron chi connectivity index (χ0n) is 9.53. The van der Waals surface area contributed by atoms with Gasteiger partial charge in [0.05, 0.1) is 18.5 Å². The van der Waals surface area contributed by atoms with E-state index in [-0.39, 0.29) is 0 Å². The lowest BCUT2D eigenvalue weighted by Gasteiger charge is -2.04. The third kappa shape index (κ3) is 2.04. The first kappa shape index (κ1) is 11.0. The summed E-state index contributed by atoms with van der Waals surface area (Å²) < 4.78 is 11.4. The van der Waals surface area contributed by atoms with Crippen molar-refractivity contribution in [2.24, 2.45) is 5.73 Å². The first-order valence-corrected chi connectivity index (χ1v) is 5.70. The Labute approximate surface area is 95.2 Å². The largest absolute Gasteiger partial charge is 0.489 e. The van der Waals surface area contributed by atoms with Gasteiger partial charge in [-0.25, -0.2) is 0 Å². The molecule has 3 heteroatoms. The van der Waals surface area contributed by atoms with Crippen LogP contribution in [0.1, 0.15) is 25.5 Å². The number of fused-ring (bicyclic) bond motifs is 1. The van der Waals surface area contributed by atoms with E-state index < -0.39 is 0 Å². The maximum absolute atomic E-state index is 5.75. The van der Waals surface area contributed by atoms with Crippen LogP contribution in [-0.4, -0.2) is 6.61 Å². The van der Waals surface area contributed by atoms with E-state index in [4.69, 9.17) is 14.9 Å². The fourth-order valence-electron chi connectivity index (χ4n) is 1.68. The number of hydrogen-bond donors (Lipinski definition) is 1. The Morgan fingerprint density at radius 2 is 2.12 bits per heavy atom. The molecule has 86 valence electrons. The van der Waals surface area contributed by atoms with Crippen LogP contribution in [0.3, 0.4) is 0 Å². The van der Waals surface area contributed by atoms with Gasteiger partial charge in [-0.3, -0.25) is 0 Å². The van der Waals surface area contributed by atoms with Gasteiger partial charge in [0.15, 0.2) is 11.5 Å². The summed E-state index contributed by atoms with van der Waals surface area (Å²) >= 11 is 0. The van der Waals surface area contributed by atoms with Crippen LogP contribution in [0.4, 0.5) is 0 Å². The Morgan fingerprint density at radius 3 is 2.88 bits per heavy atom. The summed E-state index contributed by atoms with van der Waals surface area (Å²) in [4.78, 5) is 0. The highest BCUT2D eigenvalue weighted by molar-refractivity contribution is 5.85. The molecule has 0 saturated heterocycles. The SMILES string of the molecule is CCCCOc1c(CN)oc2ccccc12. The minimum Gasteiger partial charge on any atom is -0.489 e. The minimum absolute atomic E-state index is 0.371. The van der Waals surface area contributed by atoms with Crippen LogP contribution in [0.5, 0.6) is 5.75 Å². The van der Waals surface area contributed by atoms with Crippen LogP contribution >= 0.6 is 0 Å². The topological polar surface area (TPSA) is 48.4 Å². The van der Waals surface area contributed by atoms with E-state index in [1.165, 1.54) is 0 Å². The molecule has 2 aromatic rings. The summed E-state index contributed by atoms with van der Waals surface area (Å²) in [5.74, 6) is 1.55. The Balaban J connectivity index is 2.32. The fourth-order valence-corrected chi connectivity index (χ4v) is 1.68. The first-order chi connectivity index (χ1) is 7.86. The summed E-state index contributed by atoms with van der Waals surface area (Å²) in [6.07, 6.45) is 2.16. The molecule has 16 heavy (non-hydrogen) atoms. The maximum Gasteiger partial charge on any atom is 0.169 e. The molecule has 3 nitrogen and oxygen atoms in total. The van der Waals surface area contributed by atoms with E-state index in [2.05, 4.69) is 6.92 Å². The van der Waals surface area contributed by atoms with Gasteiger partial charge in [0.2, 0.25) is 0 Å². The molecule has 0 bridgehead atoms. The summed E-state index contributed by atoms with van der Waals surface area (Å²) in [5.41, 5.74) is 6.49. The second-order valence-electron chi connectivity index (χ2n) is 3.76. The van der Waals surface area contributed by atoms with Crippen LogP contribution in [0.25, 0.3) is 11.0 Å². The molecule has 1 aromatic carbocycles. The number of hydrogen-bond acceptors (Lipinski definition) is 3. The van der Waals surface area contributed by atoms with E-state index in [0.717, 1.165) is 35.3 Å². The quantitative estimate of drug-likeness (QED) is 0.786. The molecule has 1 aromatic heterocycles. The van der Waals surface area contributed by atoms with Crippen LogP contribution in [0, 0.1) is 0 Å². The van der Waals surface area contributed by atoms with Gasteiger partial charge in [0, 0.05) is 0 Å². The van der Waals surface area contributed by atoms with Gasteiger partial charge < -0.3 is 14.9 Å². The van der Waals surface area contributed by atoms with Crippen molar-refractivity contribution in [3.8, 4) is 5.75 Å². The van der Waals surface area contributed by atoms with E-state index >= 15 is 0 Å². The summed E-state index contributed by atoms with van der Waals surface area (Å²) in [7, 11) is 0. The monoisotopic (exact) mass is 219 g/mol. The zero-order valence-corrected chi connectivity index (χ0v) is 9.53. The maximum atomic E-state index is 5.75. The van der Waals surface area contributed by atoms with Crippen molar-refractivity contribution in [2.45, 2.75) is 26.3 Å². The molecule has 0 unspecified atom stereocenters. The normalized spacial score (nSPS) is 10.9. The molecule has 0 amide bonds. The van der Waals surface area contributed by atoms with Crippen molar-refractivity contribution >= 4 is 11.0 Å². The van der Waals surface area contributed by atoms with Gasteiger partial charge in [0.25, 0.3) is 0 Å². The van der Waals surface area contributed by atoms with Gasteiger partial charge in [-0.05, 0) is 18.6 Å². The predicted molar refractivity (Wildman–Crippen MR) is 64.5 cm³/mol. The first-order valence-electron chi connectivity index (χ1n) is 5.70. The number of benzene rings is 1. The average molecular weight is 219 g/mol.